The topological polar surface area (TPSA) is 91.7 Å². The summed E-state index contributed by atoms with van der Waals surface area (Å²) in [6, 6.07) is 8.98. The Kier molecular flexibility index (Phi) is 6.43. The van der Waals surface area contributed by atoms with Gasteiger partial charge < -0.3 is 10.2 Å². The van der Waals surface area contributed by atoms with E-state index >= 15 is 0 Å². The number of rotatable bonds is 9. The number of benzene rings is 1. The molecule has 0 aliphatic carbocycles. The average Bonchev–Trinajstić information content (AvgIpc) is 2.38. The van der Waals surface area contributed by atoms with E-state index in [0.29, 0.717) is 12.8 Å². The summed E-state index contributed by atoms with van der Waals surface area (Å²) in [4.78, 5) is 33.5. The molecule has 0 bridgehead atoms. The van der Waals surface area contributed by atoms with Gasteiger partial charge in [-0.15, -0.1) is 0 Å². The predicted octanol–water partition coefficient (Wildman–Crippen LogP) is 2.14. The van der Waals surface area contributed by atoms with Crippen LogP contribution in [0, 0.1) is 5.92 Å². The molecule has 1 aromatic rings. The fraction of sp³-hybridized carbons (Fsp3) is 0.400. The van der Waals surface area contributed by atoms with Crippen LogP contribution in [0.4, 0.5) is 0 Å². The van der Waals surface area contributed by atoms with Gasteiger partial charge in [0.15, 0.2) is 5.78 Å². The summed E-state index contributed by atoms with van der Waals surface area (Å²) in [5.74, 6) is -3.43. The molecule has 0 aliphatic rings. The Labute approximate surface area is 117 Å². The van der Waals surface area contributed by atoms with Crippen molar-refractivity contribution in [2.75, 3.05) is 0 Å². The molecule has 0 heterocycles. The van der Waals surface area contributed by atoms with Crippen LogP contribution < -0.4 is 0 Å². The summed E-state index contributed by atoms with van der Waals surface area (Å²) in [6.07, 6.45) is 1.09. The van der Waals surface area contributed by atoms with Crippen molar-refractivity contribution in [1.82, 2.24) is 0 Å². The first kappa shape index (κ1) is 15.9. The molecule has 0 aromatic heterocycles. The van der Waals surface area contributed by atoms with Crippen molar-refractivity contribution in [3.05, 3.63) is 35.9 Å². The highest BCUT2D eigenvalue weighted by Gasteiger charge is 2.25. The average molecular weight is 278 g/mol. The zero-order valence-corrected chi connectivity index (χ0v) is 11.1. The highest BCUT2D eigenvalue weighted by molar-refractivity contribution is 5.99. The molecule has 0 radical (unpaired) electrons. The van der Waals surface area contributed by atoms with E-state index in [1.165, 1.54) is 0 Å². The number of hydrogen-bond donors (Lipinski definition) is 2. The molecule has 1 atom stereocenters. The molecule has 0 saturated heterocycles. The van der Waals surface area contributed by atoms with Gasteiger partial charge in [-0.3, -0.25) is 14.4 Å². The number of Topliss-reactive ketones (excluding diaryl/α,β-unsaturated/α-hetero) is 1. The Balaban J connectivity index is 2.50. The molecule has 1 rings (SSSR count). The predicted molar refractivity (Wildman–Crippen MR) is 72.4 cm³/mol. The molecular formula is C15H18O5. The van der Waals surface area contributed by atoms with Gasteiger partial charge in [-0.2, -0.15) is 0 Å². The maximum absolute atomic E-state index is 12.0. The van der Waals surface area contributed by atoms with Gasteiger partial charge in [0.2, 0.25) is 0 Å². The molecule has 0 saturated carbocycles. The van der Waals surface area contributed by atoms with Gasteiger partial charge in [0.05, 0.1) is 0 Å². The van der Waals surface area contributed by atoms with Crippen molar-refractivity contribution >= 4 is 17.7 Å². The Bertz CT molecular complexity index is 466. The van der Waals surface area contributed by atoms with Gasteiger partial charge in [0.1, 0.15) is 5.92 Å². The van der Waals surface area contributed by atoms with Crippen LogP contribution in [0.15, 0.2) is 30.3 Å². The van der Waals surface area contributed by atoms with E-state index < -0.39 is 17.9 Å². The highest BCUT2D eigenvalue weighted by Crippen LogP contribution is 2.14. The SMILES string of the molecule is O=C(O)CCCCC(C(=O)O)C(=O)Cc1ccccc1. The quantitative estimate of drug-likeness (QED) is 0.533. The summed E-state index contributed by atoms with van der Waals surface area (Å²) < 4.78 is 0. The van der Waals surface area contributed by atoms with E-state index in [-0.39, 0.29) is 25.0 Å². The molecule has 1 unspecified atom stereocenters. The van der Waals surface area contributed by atoms with Crippen LogP contribution >= 0.6 is 0 Å². The van der Waals surface area contributed by atoms with Crippen molar-refractivity contribution in [2.24, 2.45) is 5.92 Å². The van der Waals surface area contributed by atoms with Crippen LogP contribution in [0.5, 0.6) is 0 Å². The van der Waals surface area contributed by atoms with Crippen molar-refractivity contribution in [3.63, 3.8) is 0 Å². The summed E-state index contributed by atoms with van der Waals surface area (Å²) in [7, 11) is 0. The first-order valence-corrected chi connectivity index (χ1v) is 6.52. The van der Waals surface area contributed by atoms with Gasteiger partial charge >= 0.3 is 11.9 Å². The molecule has 0 fully saturated rings. The Hall–Kier alpha value is -2.17. The van der Waals surface area contributed by atoms with Crippen molar-refractivity contribution < 1.29 is 24.6 Å². The smallest absolute Gasteiger partial charge is 0.314 e. The van der Waals surface area contributed by atoms with Crippen molar-refractivity contribution in [1.29, 1.82) is 0 Å². The van der Waals surface area contributed by atoms with E-state index in [9.17, 15) is 14.4 Å². The second kappa shape index (κ2) is 8.09. The summed E-state index contributed by atoms with van der Waals surface area (Å²) in [6.45, 7) is 0. The minimum Gasteiger partial charge on any atom is -0.481 e. The number of carboxylic acid groups (broad SMARTS) is 2. The van der Waals surface area contributed by atoms with Gasteiger partial charge in [-0.25, -0.2) is 0 Å². The monoisotopic (exact) mass is 278 g/mol. The molecule has 2 N–H and O–H groups in total. The van der Waals surface area contributed by atoms with Gasteiger partial charge in [0.25, 0.3) is 0 Å². The Morgan fingerprint density at radius 1 is 1.00 bits per heavy atom. The molecule has 5 heteroatoms. The Morgan fingerprint density at radius 3 is 2.20 bits per heavy atom. The first-order valence-electron chi connectivity index (χ1n) is 6.52. The van der Waals surface area contributed by atoms with E-state index in [1.54, 1.807) is 24.3 Å². The molecule has 0 amide bonds. The Morgan fingerprint density at radius 2 is 1.65 bits per heavy atom. The summed E-state index contributed by atoms with van der Waals surface area (Å²) in [5, 5.41) is 17.6. The number of hydrogen-bond acceptors (Lipinski definition) is 3. The lowest BCUT2D eigenvalue weighted by Crippen LogP contribution is -2.25. The van der Waals surface area contributed by atoms with Gasteiger partial charge in [-0.1, -0.05) is 36.8 Å². The number of carboxylic acids is 2. The first-order chi connectivity index (χ1) is 9.50. The second-order valence-electron chi connectivity index (χ2n) is 4.66. The zero-order valence-electron chi connectivity index (χ0n) is 11.1. The van der Waals surface area contributed by atoms with Crippen LogP contribution in [0.3, 0.4) is 0 Å². The molecule has 0 aliphatic heterocycles. The van der Waals surface area contributed by atoms with Gasteiger partial charge in [-0.05, 0) is 18.4 Å². The minimum atomic E-state index is -1.14. The lowest BCUT2D eigenvalue weighted by Gasteiger charge is -2.11. The second-order valence-corrected chi connectivity index (χ2v) is 4.66. The van der Waals surface area contributed by atoms with E-state index in [0.717, 1.165) is 5.56 Å². The standard InChI is InChI=1S/C15H18O5/c16-13(10-11-6-2-1-3-7-11)12(15(19)20)8-4-5-9-14(17)18/h1-3,6-7,12H,4-5,8-10H2,(H,17,18)(H,19,20). The maximum Gasteiger partial charge on any atom is 0.314 e. The molecule has 1 aromatic carbocycles. The van der Waals surface area contributed by atoms with E-state index in [4.69, 9.17) is 10.2 Å². The third-order valence-electron chi connectivity index (χ3n) is 3.04. The van der Waals surface area contributed by atoms with Crippen LogP contribution in [0.1, 0.15) is 31.2 Å². The largest absolute Gasteiger partial charge is 0.481 e. The molecule has 0 spiro atoms. The fourth-order valence-corrected chi connectivity index (χ4v) is 1.97. The number of carbonyl (C=O) groups excluding carboxylic acids is 1. The molecule has 20 heavy (non-hydrogen) atoms. The van der Waals surface area contributed by atoms with E-state index in [1.807, 2.05) is 6.07 Å². The van der Waals surface area contributed by atoms with Crippen molar-refractivity contribution in [2.45, 2.75) is 32.1 Å². The molecule has 5 nitrogen and oxygen atoms in total. The maximum atomic E-state index is 12.0. The van der Waals surface area contributed by atoms with Crippen LogP contribution in [-0.2, 0) is 20.8 Å². The van der Waals surface area contributed by atoms with E-state index in [2.05, 4.69) is 0 Å². The molecule has 108 valence electrons. The summed E-state index contributed by atoms with van der Waals surface area (Å²) in [5.41, 5.74) is 0.786. The van der Waals surface area contributed by atoms with Crippen molar-refractivity contribution in [3.8, 4) is 0 Å². The lowest BCUT2D eigenvalue weighted by atomic mass is 9.93. The fourth-order valence-electron chi connectivity index (χ4n) is 1.97. The number of ketones is 1. The minimum absolute atomic E-state index is 0.000779. The normalized spacial score (nSPS) is 11.8. The third-order valence-corrected chi connectivity index (χ3v) is 3.04. The van der Waals surface area contributed by atoms with Gasteiger partial charge in [0, 0.05) is 12.8 Å². The van der Waals surface area contributed by atoms with Crippen LogP contribution in [0.25, 0.3) is 0 Å². The molecular weight excluding hydrogens is 260 g/mol. The lowest BCUT2D eigenvalue weighted by molar-refractivity contribution is -0.146. The zero-order chi connectivity index (χ0) is 15.0. The van der Waals surface area contributed by atoms with Crippen LogP contribution in [-0.4, -0.2) is 27.9 Å². The highest BCUT2D eigenvalue weighted by atomic mass is 16.4. The number of unbranched alkanes of at least 4 members (excludes halogenated alkanes) is 1. The summed E-state index contributed by atoms with van der Waals surface area (Å²) >= 11 is 0. The van der Waals surface area contributed by atoms with Crippen LogP contribution in [0.2, 0.25) is 0 Å². The third kappa shape index (κ3) is 5.65. The number of carbonyl (C=O) groups is 3. The number of aliphatic carboxylic acids is 2.